The summed E-state index contributed by atoms with van der Waals surface area (Å²) in [6, 6.07) is 2.48. The summed E-state index contributed by atoms with van der Waals surface area (Å²) in [4.78, 5) is 14.2. The number of hydrogen-bond acceptors (Lipinski definition) is 2. The highest BCUT2D eigenvalue weighted by atomic mass is 16.3. The summed E-state index contributed by atoms with van der Waals surface area (Å²) in [7, 11) is 1.90. The van der Waals surface area contributed by atoms with Gasteiger partial charge in [0.1, 0.15) is 5.76 Å². The van der Waals surface area contributed by atoms with Crippen LogP contribution in [0, 0.1) is 5.92 Å². The smallest absolute Gasteiger partial charge is 0.317 e. The maximum atomic E-state index is 12.3. The summed E-state index contributed by atoms with van der Waals surface area (Å²) in [6.07, 6.45) is 7.31. The lowest BCUT2D eigenvalue weighted by molar-refractivity contribution is 0.182. The van der Waals surface area contributed by atoms with Crippen molar-refractivity contribution < 1.29 is 9.21 Å². The SMILES string of the molecule is CC(C1CC1)N(C)C(=O)NC1CCCc2occc21. The van der Waals surface area contributed by atoms with Gasteiger partial charge in [0.15, 0.2) is 0 Å². The van der Waals surface area contributed by atoms with Crippen LogP contribution in [0.5, 0.6) is 0 Å². The number of carbonyl (C=O) groups is 1. The molecule has 2 amide bonds. The molecule has 2 atom stereocenters. The van der Waals surface area contributed by atoms with Crippen LogP contribution in [0.15, 0.2) is 16.7 Å². The molecule has 19 heavy (non-hydrogen) atoms. The summed E-state index contributed by atoms with van der Waals surface area (Å²) in [5.41, 5.74) is 1.16. The summed E-state index contributed by atoms with van der Waals surface area (Å²) < 4.78 is 5.46. The van der Waals surface area contributed by atoms with Crippen molar-refractivity contribution in [3.05, 3.63) is 23.7 Å². The van der Waals surface area contributed by atoms with E-state index in [0.29, 0.717) is 12.0 Å². The lowest BCUT2D eigenvalue weighted by Gasteiger charge is -2.29. The van der Waals surface area contributed by atoms with Crippen LogP contribution in [0.1, 0.15) is 50.0 Å². The van der Waals surface area contributed by atoms with E-state index in [1.165, 1.54) is 12.8 Å². The van der Waals surface area contributed by atoms with Crippen LogP contribution >= 0.6 is 0 Å². The van der Waals surface area contributed by atoms with Crippen LogP contribution in [0.2, 0.25) is 0 Å². The van der Waals surface area contributed by atoms with Gasteiger partial charge in [-0.1, -0.05) is 0 Å². The fourth-order valence-electron chi connectivity index (χ4n) is 2.97. The zero-order valence-electron chi connectivity index (χ0n) is 11.7. The Morgan fingerprint density at radius 2 is 2.26 bits per heavy atom. The molecule has 0 spiro atoms. The maximum Gasteiger partial charge on any atom is 0.317 e. The van der Waals surface area contributed by atoms with Gasteiger partial charge in [-0.25, -0.2) is 4.79 Å². The molecule has 0 aromatic carbocycles. The Hall–Kier alpha value is -1.45. The van der Waals surface area contributed by atoms with E-state index in [1.807, 2.05) is 18.0 Å². The van der Waals surface area contributed by atoms with Gasteiger partial charge < -0.3 is 14.6 Å². The van der Waals surface area contributed by atoms with Crippen molar-refractivity contribution in [1.29, 1.82) is 0 Å². The van der Waals surface area contributed by atoms with E-state index in [2.05, 4.69) is 12.2 Å². The van der Waals surface area contributed by atoms with E-state index in [9.17, 15) is 4.79 Å². The number of rotatable bonds is 3. The minimum Gasteiger partial charge on any atom is -0.469 e. The minimum atomic E-state index is 0.0402. The third-order valence-electron chi connectivity index (χ3n) is 4.59. The normalized spacial score (nSPS) is 23.6. The predicted octanol–water partition coefficient (Wildman–Crippen LogP) is 3.10. The van der Waals surface area contributed by atoms with E-state index < -0.39 is 0 Å². The predicted molar refractivity (Wildman–Crippen MR) is 72.9 cm³/mol. The van der Waals surface area contributed by atoms with E-state index >= 15 is 0 Å². The molecule has 1 fully saturated rings. The highest BCUT2D eigenvalue weighted by Crippen LogP contribution is 2.35. The molecule has 0 bridgehead atoms. The topological polar surface area (TPSA) is 45.5 Å². The summed E-state index contributed by atoms with van der Waals surface area (Å²) >= 11 is 0. The molecule has 2 aliphatic rings. The molecular weight excluding hydrogens is 240 g/mol. The molecule has 4 heteroatoms. The summed E-state index contributed by atoms with van der Waals surface area (Å²) in [5, 5.41) is 3.15. The van der Waals surface area contributed by atoms with Crippen molar-refractivity contribution in [3.8, 4) is 0 Å². The lowest BCUT2D eigenvalue weighted by atomic mass is 9.93. The Kier molecular flexibility index (Phi) is 3.25. The highest BCUT2D eigenvalue weighted by molar-refractivity contribution is 5.75. The minimum absolute atomic E-state index is 0.0402. The number of carbonyl (C=O) groups excluding carboxylic acids is 1. The largest absolute Gasteiger partial charge is 0.469 e. The fraction of sp³-hybridized carbons (Fsp3) is 0.667. The van der Waals surface area contributed by atoms with Gasteiger partial charge in [-0.3, -0.25) is 0 Å². The first-order valence-corrected chi connectivity index (χ1v) is 7.26. The van der Waals surface area contributed by atoms with Gasteiger partial charge in [-0.05, 0) is 44.6 Å². The van der Waals surface area contributed by atoms with Crippen molar-refractivity contribution in [2.75, 3.05) is 7.05 Å². The molecule has 0 aliphatic heterocycles. The molecule has 1 N–H and O–H groups in total. The Morgan fingerprint density at radius 3 is 3.00 bits per heavy atom. The zero-order chi connectivity index (χ0) is 13.4. The molecule has 2 aliphatic carbocycles. The van der Waals surface area contributed by atoms with Crippen molar-refractivity contribution in [3.63, 3.8) is 0 Å². The molecular formula is C15H22N2O2. The molecule has 104 valence electrons. The van der Waals surface area contributed by atoms with Gasteiger partial charge in [0, 0.05) is 25.1 Å². The standard InChI is InChI=1S/C15H22N2O2/c1-10(11-6-7-11)17(2)15(18)16-13-4-3-5-14-12(13)8-9-19-14/h8-11,13H,3-7H2,1-2H3,(H,16,18). The molecule has 2 unspecified atom stereocenters. The van der Waals surface area contributed by atoms with Crippen molar-refractivity contribution in [2.45, 2.75) is 51.1 Å². The van der Waals surface area contributed by atoms with Gasteiger partial charge in [0.05, 0.1) is 12.3 Å². The number of furan rings is 1. The first-order chi connectivity index (χ1) is 9.16. The number of nitrogens with zero attached hydrogens (tertiary/aromatic N) is 1. The van der Waals surface area contributed by atoms with Crippen LogP contribution in [-0.2, 0) is 6.42 Å². The molecule has 0 radical (unpaired) electrons. The van der Waals surface area contributed by atoms with Crippen LogP contribution in [0.25, 0.3) is 0 Å². The second kappa shape index (κ2) is 4.91. The van der Waals surface area contributed by atoms with Gasteiger partial charge >= 0.3 is 6.03 Å². The molecule has 1 saturated carbocycles. The third-order valence-corrected chi connectivity index (χ3v) is 4.59. The molecule has 4 nitrogen and oxygen atoms in total. The average Bonchev–Trinajstić information content (AvgIpc) is 3.15. The van der Waals surface area contributed by atoms with E-state index in [4.69, 9.17) is 4.42 Å². The number of urea groups is 1. The molecule has 1 aromatic rings. The Labute approximate surface area is 114 Å². The third kappa shape index (κ3) is 2.48. The molecule has 1 aromatic heterocycles. The van der Waals surface area contributed by atoms with Gasteiger partial charge in [-0.2, -0.15) is 0 Å². The van der Waals surface area contributed by atoms with Crippen molar-refractivity contribution in [2.24, 2.45) is 5.92 Å². The van der Waals surface area contributed by atoms with Crippen molar-refractivity contribution >= 4 is 6.03 Å². The van der Waals surface area contributed by atoms with Crippen LogP contribution in [0.4, 0.5) is 4.79 Å². The fourth-order valence-corrected chi connectivity index (χ4v) is 2.97. The van der Waals surface area contributed by atoms with Crippen LogP contribution in [0.3, 0.4) is 0 Å². The number of hydrogen-bond donors (Lipinski definition) is 1. The monoisotopic (exact) mass is 262 g/mol. The van der Waals surface area contributed by atoms with Gasteiger partial charge in [0.2, 0.25) is 0 Å². The number of nitrogens with one attached hydrogen (secondary N) is 1. The quantitative estimate of drug-likeness (QED) is 0.909. The van der Waals surface area contributed by atoms with E-state index in [-0.39, 0.29) is 12.1 Å². The Balaban J connectivity index is 1.64. The highest BCUT2D eigenvalue weighted by Gasteiger charge is 2.33. The summed E-state index contributed by atoms with van der Waals surface area (Å²) in [5.74, 6) is 1.74. The Bertz CT molecular complexity index is 464. The molecule has 3 rings (SSSR count). The Morgan fingerprint density at radius 1 is 1.47 bits per heavy atom. The van der Waals surface area contributed by atoms with Gasteiger partial charge in [-0.15, -0.1) is 0 Å². The number of fused-ring (bicyclic) bond motifs is 1. The molecule has 1 heterocycles. The first kappa shape index (κ1) is 12.6. The van der Waals surface area contributed by atoms with Gasteiger partial charge in [0.25, 0.3) is 0 Å². The first-order valence-electron chi connectivity index (χ1n) is 7.26. The van der Waals surface area contributed by atoms with E-state index in [0.717, 1.165) is 30.6 Å². The second-order valence-electron chi connectivity index (χ2n) is 5.88. The number of amides is 2. The maximum absolute atomic E-state index is 12.3. The second-order valence-corrected chi connectivity index (χ2v) is 5.88. The van der Waals surface area contributed by atoms with Crippen molar-refractivity contribution in [1.82, 2.24) is 10.2 Å². The zero-order valence-corrected chi connectivity index (χ0v) is 11.7. The van der Waals surface area contributed by atoms with Crippen LogP contribution in [-0.4, -0.2) is 24.0 Å². The van der Waals surface area contributed by atoms with E-state index in [1.54, 1.807) is 6.26 Å². The average molecular weight is 262 g/mol. The number of aryl methyl sites for hydroxylation is 1. The lowest BCUT2D eigenvalue weighted by Crippen LogP contribution is -2.45. The van der Waals surface area contributed by atoms with Crippen LogP contribution < -0.4 is 5.32 Å². The molecule has 0 saturated heterocycles. The summed E-state index contributed by atoms with van der Waals surface area (Å²) in [6.45, 7) is 2.14.